The van der Waals surface area contributed by atoms with Gasteiger partial charge >= 0.3 is 0 Å². The second-order valence-corrected chi connectivity index (χ2v) is 4.48. The Labute approximate surface area is 118 Å². The van der Waals surface area contributed by atoms with Gasteiger partial charge in [-0.25, -0.2) is 4.39 Å². The Morgan fingerprint density at radius 3 is 2.90 bits per heavy atom. The third-order valence-corrected chi connectivity index (χ3v) is 2.99. The number of nitrogens with one attached hydrogen (secondary N) is 1. The lowest BCUT2D eigenvalue weighted by atomic mass is 10.2. The number of aryl methyl sites for hydroxylation is 1. The van der Waals surface area contributed by atoms with Crippen molar-refractivity contribution in [2.45, 2.75) is 6.42 Å². The first kappa shape index (κ1) is 14.2. The summed E-state index contributed by atoms with van der Waals surface area (Å²) < 4.78 is 15.0. The van der Waals surface area contributed by atoms with E-state index < -0.39 is 10.7 Å². The zero-order valence-corrected chi connectivity index (χ0v) is 11.3. The maximum atomic E-state index is 13.2. The highest BCUT2D eigenvalue weighted by Gasteiger charge is 2.17. The molecule has 0 unspecified atom stereocenters. The number of hydrogen-bond donors (Lipinski definition) is 1. The molecule has 1 N–H and O–H groups in total. The Morgan fingerprint density at radius 1 is 1.55 bits per heavy atom. The second-order valence-electron chi connectivity index (χ2n) is 4.08. The number of rotatable bonds is 5. The topological polar surface area (TPSA) is 85.9 Å². The van der Waals surface area contributed by atoms with Crippen LogP contribution in [0.2, 0.25) is 5.02 Å². The maximum absolute atomic E-state index is 13.2. The predicted octanol–water partition coefficient (Wildman–Crippen LogP) is 2.17. The van der Waals surface area contributed by atoms with Crippen LogP contribution in [0.25, 0.3) is 0 Å². The first-order valence-corrected chi connectivity index (χ1v) is 6.07. The molecule has 0 bridgehead atoms. The molecule has 9 heteroatoms. The molecule has 2 rings (SSSR count). The molecule has 1 heterocycles. The van der Waals surface area contributed by atoms with Crippen molar-refractivity contribution in [1.82, 2.24) is 14.8 Å². The average Bonchev–Trinajstić information content (AvgIpc) is 2.79. The largest absolute Gasteiger partial charge is 0.379 e. The van der Waals surface area contributed by atoms with Gasteiger partial charge in [0.15, 0.2) is 0 Å². The summed E-state index contributed by atoms with van der Waals surface area (Å²) in [6.45, 7) is 0.384. The van der Waals surface area contributed by atoms with E-state index in [1.807, 2.05) is 0 Å². The molecule has 2 aromatic rings. The molecule has 0 radical (unpaired) electrons. The first-order valence-electron chi connectivity index (χ1n) is 5.69. The van der Waals surface area contributed by atoms with Gasteiger partial charge in [0.05, 0.1) is 16.0 Å². The van der Waals surface area contributed by atoms with E-state index in [0.717, 1.165) is 11.9 Å². The third-order valence-electron chi connectivity index (χ3n) is 2.70. The minimum Gasteiger partial charge on any atom is -0.379 e. The van der Waals surface area contributed by atoms with Crippen LogP contribution in [-0.4, -0.2) is 26.2 Å². The highest BCUT2D eigenvalue weighted by Crippen LogP contribution is 2.30. The highest BCUT2D eigenvalue weighted by atomic mass is 35.5. The summed E-state index contributed by atoms with van der Waals surface area (Å²) in [7, 11) is 1.80. The molecule has 1 aromatic carbocycles. The number of nitrogens with zero attached hydrogens (tertiary/aromatic N) is 4. The SMILES string of the molecule is Cn1cnnc1CCNc1cc(Cl)c(F)cc1[N+](=O)[O-]. The number of nitro groups is 1. The molecular formula is C11H11ClFN5O2. The molecule has 0 aliphatic carbocycles. The van der Waals surface area contributed by atoms with Crippen molar-refractivity contribution in [3.8, 4) is 0 Å². The highest BCUT2D eigenvalue weighted by molar-refractivity contribution is 6.31. The van der Waals surface area contributed by atoms with E-state index >= 15 is 0 Å². The molecule has 0 aliphatic rings. The van der Waals surface area contributed by atoms with E-state index in [1.165, 1.54) is 6.07 Å². The van der Waals surface area contributed by atoms with Crippen LogP contribution >= 0.6 is 11.6 Å². The normalized spacial score (nSPS) is 10.6. The molecule has 0 spiro atoms. The monoisotopic (exact) mass is 299 g/mol. The van der Waals surface area contributed by atoms with E-state index in [-0.39, 0.29) is 16.4 Å². The van der Waals surface area contributed by atoms with Gasteiger partial charge in [-0.2, -0.15) is 0 Å². The van der Waals surface area contributed by atoms with Crippen molar-refractivity contribution in [2.24, 2.45) is 7.05 Å². The van der Waals surface area contributed by atoms with E-state index in [2.05, 4.69) is 15.5 Å². The number of nitro benzene ring substituents is 1. The molecule has 106 valence electrons. The Morgan fingerprint density at radius 2 is 2.30 bits per heavy atom. The lowest BCUT2D eigenvalue weighted by molar-refractivity contribution is -0.384. The van der Waals surface area contributed by atoms with Crippen molar-refractivity contribution >= 4 is 23.0 Å². The van der Waals surface area contributed by atoms with Gasteiger partial charge in [-0.1, -0.05) is 11.6 Å². The predicted molar refractivity (Wildman–Crippen MR) is 71.3 cm³/mol. The minimum atomic E-state index is -0.822. The van der Waals surface area contributed by atoms with Crippen LogP contribution in [0.3, 0.4) is 0 Å². The molecule has 0 saturated heterocycles. The molecular weight excluding hydrogens is 289 g/mol. The van der Waals surface area contributed by atoms with E-state index in [1.54, 1.807) is 17.9 Å². The van der Waals surface area contributed by atoms with Crippen LogP contribution in [0.1, 0.15) is 5.82 Å². The number of aromatic nitrogens is 3. The fourth-order valence-corrected chi connectivity index (χ4v) is 1.84. The lowest BCUT2D eigenvalue weighted by Crippen LogP contribution is -2.10. The molecule has 20 heavy (non-hydrogen) atoms. The zero-order chi connectivity index (χ0) is 14.7. The molecule has 0 saturated carbocycles. The van der Waals surface area contributed by atoms with Gasteiger partial charge in [0.2, 0.25) is 0 Å². The summed E-state index contributed by atoms with van der Waals surface area (Å²) >= 11 is 5.63. The van der Waals surface area contributed by atoms with Crippen molar-refractivity contribution in [2.75, 3.05) is 11.9 Å². The molecule has 1 aromatic heterocycles. The van der Waals surface area contributed by atoms with Crippen molar-refractivity contribution in [3.63, 3.8) is 0 Å². The summed E-state index contributed by atoms with van der Waals surface area (Å²) in [6, 6.07) is 2.00. The molecule has 0 aliphatic heterocycles. The van der Waals surface area contributed by atoms with Crippen LogP contribution in [-0.2, 0) is 13.5 Å². The van der Waals surface area contributed by atoms with Gasteiger partial charge in [-0.05, 0) is 6.07 Å². The Balaban J connectivity index is 2.11. The van der Waals surface area contributed by atoms with Crippen LogP contribution < -0.4 is 5.32 Å². The van der Waals surface area contributed by atoms with Crippen LogP contribution in [0.4, 0.5) is 15.8 Å². The zero-order valence-electron chi connectivity index (χ0n) is 10.5. The van der Waals surface area contributed by atoms with Gasteiger partial charge < -0.3 is 9.88 Å². The quantitative estimate of drug-likeness (QED) is 0.675. The van der Waals surface area contributed by atoms with E-state index in [0.29, 0.717) is 13.0 Å². The Bertz CT molecular complexity index is 646. The molecule has 7 nitrogen and oxygen atoms in total. The number of anilines is 1. The van der Waals surface area contributed by atoms with Gasteiger partial charge in [0.25, 0.3) is 5.69 Å². The fourth-order valence-electron chi connectivity index (χ4n) is 1.67. The molecule has 0 amide bonds. The van der Waals surface area contributed by atoms with Gasteiger partial charge in [-0.3, -0.25) is 10.1 Å². The summed E-state index contributed by atoms with van der Waals surface area (Å²) in [5.41, 5.74) is -0.187. The Hall–Kier alpha value is -2.22. The van der Waals surface area contributed by atoms with Crippen LogP contribution in [0.5, 0.6) is 0 Å². The van der Waals surface area contributed by atoms with Gasteiger partial charge in [-0.15, -0.1) is 10.2 Å². The number of benzene rings is 1. The van der Waals surface area contributed by atoms with Crippen molar-refractivity contribution in [3.05, 3.63) is 45.2 Å². The third kappa shape index (κ3) is 3.02. The van der Waals surface area contributed by atoms with Crippen molar-refractivity contribution < 1.29 is 9.31 Å². The van der Waals surface area contributed by atoms with E-state index in [9.17, 15) is 14.5 Å². The molecule has 0 fully saturated rings. The lowest BCUT2D eigenvalue weighted by Gasteiger charge is -2.07. The van der Waals surface area contributed by atoms with E-state index in [4.69, 9.17) is 11.6 Å². The summed E-state index contributed by atoms with van der Waals surface area (Å²) in [6.07, 6.45) is 2.08. The van der Waals surface area contributed by atoms with Crippen LogP contribution in [0, 0.1) is 15.9 Å². The molecule has 0 atom stereocenters. The summed E-state index contributed by atoms with van der Waals surface area (Å²) in [4.78, 5) is 10.2. The van der Waals surface area contributed by atoms with Crippen molar-refractivity contribution in [1.29, 1.82) is 0 Å². The fraction of sp³-hybridized carbons (Fsp3) is 0.273. The number of halogens is 2. The second kappa shape index (κ2) is 5.83. The van der Waals surface area contributed by atoms with Gasteiger partial charge in [0, 0.05) is 20.0 Å². The summed E-state index contributed by atoms with van der Waals surface area (Å²) in [5, 5.41) is 21.2. The summed E-state index contributed by atoms with van der Waals surface area (Å²) in [5.74, 6) is -0.0921. The average molecular weight is 300 g/mol. The van der Waals surface area contributed by atoms with Gasteiger partial charge in [0.1, 0.15) is 23.7 Å². The first-order chi connectivity index (χ1) is 9.49. The smallest absolute Gasteiger partial charge is 0.295 e. The minimum absolute atomic E-state index is 0.170. The van der Waals surface area contributed by atoms with Crippen LogP contribution in [0.15, 0.2) is 18.5 Å². The Kier molecular flexibility index (Phi) is 4.14. The standard InChI is InChI=1S/C11H11ClFN5O2/c1-17-6-15-16-11(17)2-3-14-9-4-7(12)8(13)5-10(9)18(19)20/h4-6,14H,2-3H2,1H3. The maximum Gasteiger partial charge on any atom is 0.295 e. The number of hydrogen-bond acceptors (Lipinski definition) is 5.